The van der Waals surface area contributed by atoms with Crippen molar-refractivity contribution in [3.05, 3.63) is 28.8 Å². The van der Waals surface area contributed by atoms with E-state index in [1.54, 1.807) is 17.0 Å². The molecule has 4 nitrogen and oxygen atoms in total. The van der Waals surface area contributed by atoms with Gasteiger partial charge < -0.3 is 14.4 Å². The highest BCUT2D eigenvalue weighted by atomic mass is 32.1. The Morgan fingerprint density at radius 1 is 1.33 bits per heavy atom. The maximum absolute atomic E-state index is 11.8. The minimum Gasteiger partial charge on any atom is -0.465 e. The molecule has 0 amide bonds. The van der Waals surface area contributed by atoms with E-state index in [0.29, 0.717) is 16.5 Å². The Morgan fingerprint density at radius 2 is 2.00 bits per heavy atom. The number of carbonyl (C=O) groups excluding carboxylic acids is 1. The molecule has 0 bridgehead atoms. The molecule has 0 saturated carbocycles. The Morgan fingerprint density at radius 3 is 2.52 bits per heavy atom. The van der Waals surface area contributed by atoms with E-state index in [1.165, 1.54) is 7.11 Å². The Balaban J connectivity index is 3.21. The second-order valence-electron chi connectivity index (χ2n) is 5.07. The Bertz CT molecular complexity index is 526. The van der Waals surface area contributed by atoms with Crippen molar-refractivity contribution in [1.29, 1.82) is 0 Å². The highest BCUT2D eigenvalue weighted by molar-refractivity contribution is 7.80. The zero-order valence-electron chi connectivity index (χ0n) is 13.4. The summed E-state index contributed by atoms with van der Waals surface area (Å²) in [7, 11) is 5.06. The predicted octanol–water partition coefficient (Wildman–Crippen LogP) is 3.35. The van der Waals surface area contributed by atoms with E-state index < -0.39 is 0 Å². The van der Waals surface area contributed by atoms with Gasteiger partial charge in [-0.25, -0.2) is 4.79 Å². The van der Waals surface area contributed by atoms with Crippen molar-refractivity contribution in [1.82, 2.24) is 4.90 Å². The lowest BCUT2D eigenvalue weighted by Gasteiger charge is -2.19. The third-order valence-electron chi connectivity index (χ3n) is 3.30. The molecule has 0 spiro atoms. The van der Waals surface area contributed by atoms with Crippen molar-refractivity contribution in [3.63, 3.8) is 0 Å². The zero-order chi connectivity index (χ0) is 16.0. The summed E-state index contributed by atoms with van der Waals surface area (Å²) < 4.78 is 10.6. The van der Waals surface area contributed by atoms with Gasteiger partial charge in [0.1, 0.15) is 5.75 Å². The first-order chi connectivity index (χ1) is 9.92. The van der Waals surface area contributed by atoms with Crippen LogP contribution in [0.1, 0.15) is 41.3 Å². The topological polar surface area (TPSA) is 38.8 Å². The number of rotatable bonds is 5. The number of nitrogens with zero attached hydrogens (tertiary/aromatic N) is 1. The summed E-state index contributed by atoms with van der Waals surface area (Å²) in [5.41, 5.74) is 2.49. The molecular weight excluding hydrogens is 286 g/mol. The second kappa shape index (κ2) is 7.98. The van der Waals surface area contributed by atoms with Gasteiger partial charge in [-0.1, -0.05) is 13.3 Å². The summed E-state index contributed by atoms with van der Waals surface area (Å²) in [5, 5.41) is 0.401. The van der Waals surface area contributed by atoms with Crippen LogP contribution in [0, 0.1) is 6.92 Å². The standard InChI is InChI=1S/C16H23NO3S/c1-6-7-8-12-11(2)13(15(18)19-5)9-10-14(12)20-16(21)17(3)4/h9-10H,6-8H2,1-5H3. The number of esters is 1. The summed E-state index contributed by atoms with van der Waals surface area (Å²) in [4.78, 5) is 13.5. The Kier molecular flexibility index (Phi) is 6.62. The molecule has 1 aromatic rings. The highest BCUT2D eigenvalue weighted by Crippen LogP contribution is 2.28. The quantitative estimate of drug-likeness (QED) is 0.616. The molecule has 0 unspecified atom stereocenters. The molecule has 5 heteroatoms. The van der Waals surface area contributed by atoms with E-state index in [4.69, 9.17) is 21.7 Å². The van der Waals surface area contributed by atoms with Gasteiger partial charge in [0.15, 0.2) is 0 Å². The lowest BCUT2D eigenvalue weighted by molar-refractivity contribution is 0.0599. The lowest BCUT2D eigenvalue weighted by Crippen LogP contribution is -2.25. The van der Waals surface area contributed by atoms with Crippen LogP contribution < -0.4 is 4.74 Å². The first kappa shape index (κ1) is 17.4. The van der Waals surface area contributed by atoms with E-state index in [2.05, 4.69) is 6.92 Å². The van der Waals surface area contributed by atoms with Gasteiger partial charge >= 0.3 is 5.97 Å². The average Bonchev–Trinajstić information content (AvgIpc) is 2.46. The first-order valence-corrected chi connectivity index (χ1v) is 7.43. The largest absolute Gasteiger partial charge is 0.465 e. The van der Waals surface area contributed by atoms with E-state index in [9.17, 15) is 4.79 Å². The fourth-order valence-electron chi connectivity index (χ4n) is 2.01. The number of ether oxygens (including phenoxy) is 2. The van der Waals surface area contributed by atoms with Crippen molar-refractivity contribution in [2.24, 2.45) is 0 Å². The van der Waals surface area contributed by atoms with Crippen LogP contribution in [0.2, 0.25) is 0 Å². The van der Waals surface area contributed by atoms with Gasteiger partial charge in [0.05, 0.1) is 12.7 Å². The molecule has 0 fully saturated rings. The third-order valence-corrected chi connectivity index (χ3v) is 3.75. The second-order valence-corrected chi connectivity index (χ2v) is 5.42. The summed E-state index contributed by atoms with van der Waals surface area (Å²) in [6.45, 7) is 4.05. The van der Waals surface area contributed by atoms with Crippen molar-refractivity contribution in [3.8, 4) is 5.75 Å². The Labute approximate surface area is 132 Å². The molecule has 1 aromatic carbocycles. The molecule has 0 N–H and O–H groups in total. The normalized spacial score (nSPS) is 10.1. The maximum Gasteiger partial charge on any atom is 0.338 e. The molecule has 0 atom stereocenters. The first-order valence-electron chi connectivity index (χ1n) is 7.02. The zero-order valence-corrected chi connectivity index (χ0v) is 14.2. The molecule has 0 aliphatic rings. The monoisotopic (exact) mass is 309 g/mol. The molecule has 21 heavy (non-hydrogen) atoms. The molecule has 0 heterocycles. The van der Waals surface area contributed by atoms with Crippen LogP contribution in [0.4, 0.5) is 0 Å². The highest BCUT2D eigenvalue weighted by Gasteiger charge is 2.17. The van der Waals surface area contributed by atoms with Crippen molar-refractivity contribution >= 4 is 23.4 Å². The molecular formula is C16H23NO3S. The minimum atomic E-state index is -0.327. The van der Waals surface area contributed by atoms with Crippen molar-refractivity contribution in [2.45, 2.75) is 33.1 Å². The van der Waals surface area contributed by atoms with E-state index in [-0.39, 0.29) is 5.97 Å². The van der Waals surface area contributed by atoms with E-state index in [0.717, 1.165) is 30.4 Å². The number of thiocarbonyl (C=S) groups is 1. The number of hydrogen-bond donors (Lipinski definition) is 0. The fourth-order valence-corrected chi connectivity index (χ4v) is 2.10. The van der Waals surface area contributed by atoms with Gasteiger partial charge in [-0.2, -0.15) is 0 Å². The van der Waals surface area contributed by atoms with Gasteiger partial charge in [0, 0.05) is 14.1 Å². The van der Waals surface area contributed by atoms with Crippen molar-refractivity contribution in [2.75, 3.05) is 21.2 Å². The van der Waals surface area contributed by atoms with Crippen LogP contribution in [-0.4, -0.2) is 37.2 Å². The van der Waals surface area contributed by atoms with Crippen LogP contribution >= 0.6 is 12.2 Å². The van der Waals surface area contributed by atoms with Gasteiger partial charge in [0.2, 0.25) is 0 Å². The molecule has 0 radical (unpaired) electrons. The summed E-state index contributed by atoms with van der Waals surface area (Å²) in [6, 6.07) is 3.52. The van der Waals surface area contributed by atoms with Gasteiger partial charge in [-0.3, -0.25) is 0 Å². The van der Waals surface area contributed by atoms with Crippen LogP contribution in [0.5, 0.6) is 5.75 Å². The smallest absolute Gasteiger partial charge is 0.338 e. The summed E-state index contributed by atoms with van der Waals surface area (Å²) in [6.07, 6.45) is 2.94. The van der Waals surface area contributed by atoms with Crippen LogP contribution in [0.3, 0.4) is 0 Å². The molecule has 0 saturated heterocycles. The number of unbranched alkanes of at least 4 members (excludes halogenated alkanes) is 1. The van der Waals surface area contributed by atoms with Crippen LogP contribution in [-0.2, 0) is 11.2 Å². The van der Waals surface area contributed by atoms with Crippen molar-refractivity contribution < 1.29 is 14.3 Å². The predicted molar refractivity (Wildman–Crippen MR) is 88.0 cm³/mol. The number of carbonyl (C=O) groups is 1. The van der Waals surface area contributed by atoms with Crippen LogP contribution in [0.15, 0.2) is 12.1 Å². The number of hydrogen-bond acceptors (Lipinski definition) is 4. The average molecular weight is 309 g/mol. The molecule has 1 rings (SSSR count). The van der Waals surface area contributed by atoms with E-state index in [1.807, 2.05) is 21.0 Å². The third kappa shape index (κ3) is 4.43. The number of benzene rings is 1. The van der Waals surface area contributed by atoms with E-state index >= 15 is 0 Å². The number of methoxy groups -OCH3 is 1. The van der Waals surface area contributed by atoms with Gasteiger partial charge in [-0.05, 0) is 55.2 Å². The lowest BCUT2D eigenvalue weighted by atomic mass is 9.97. The molecule has 0 aliphatic heterocycles. The summed E-state index contributed by atoms with van der Waals surface area (Å²) in [5.74, 6) is 0.388. The molecule has 116 valence electrons. The van der Waals surface area contributed by atoms with Gasteiger partial charge in [-0.15, -0.1) is 0 Å². The molecule has 0 aromatic heterocycles. The Hall–Kier alpha value is -1.62. The van der Waals surface area contributed by atoms with Gasteiger partial charge in [0.25, 0.3) is 5.17 Å². The fraction of sp³-hybridized carbons (Fsp3) is 0.500. The minimum absolute atomic E-state index is 0.327. The summed E-state index contributed by atoms with van der Waals surface area (Å²) >= 11 is 5.19. The maximum atomic E-state index is 11.8. The SMILES string of the molecule is CCCCc1c(OC(=S)N(C)C)ccc(C(=O)OC)c1C. The molecule has 0 aliphatic carbocycles. The van der Waals surface area contributed by atoms with Crippen LogP contribution in [0.25, 0.3) is 0 Å².